The van der Waals surface area contributed by atoms with Crippen LogP contribution in [-0.2, 0) is 31.0 Å². The maximum atomic E-state index is 14.9. The summed E-state index contributed by atoms with van der Waals surface area (Å²) in [5.74, 6) is -2.57. The highest BCUT2D eigenvalue weighted by Crippen LogP contribution is 2.45. The van der Waals surface area contributed by atoms with E-state index in [1.165, 1.54) is 21.1 Å². The van der Waals surface area contributed by atoms with Gasteiger partial charge in [-0.25, -0.2) is 9.97 Å². The fraction of sp³-hybridized carbons (Fsp3) is 0.451. The van der Waals surface area contributed by atoms with Crippen LogP contribution in [0.2, 0.25) is 0 Å². The number of benzene rings is 3. The van der Waals surface area contributed by atoms with E-state index < -0.39 is 59.8 Å². The smallest absolute Gasteiger partial charge is 0.255 e. The van der Waals surface area contributed by atoms with Gasteiger partial charge in [0.1, 0.15) is 49.2 Å². The molecule has 5 atom stereocenters. The molecule has 2 heterocycles. The van der Waals surface area contributed by atoms with Crippen LogP contribution in [0.3, 0.4) is 0 Å². The van der Waals surface area contributed by atoms with Crippen molar-refractivity contribution in [3.8, 4) is 45.8 Å². The third-order valence-electron chi connectivity index (χ3n) is 12.0. The van der Waals surface area contributed by atoms with Gasteiger partial charge in [-0.2, -0.15) is 5.26 Å². The second-order valence-electron chi connectivity index (χ2n) is 18.4. The largest absolute Gasteiger partial charge is 0.492 e. The number of hydrogen-bond donors (Lipinski definition) is 8. The molecule has 0 radical (unpaired) electrons. The lowest BCUT2D eigenvalue weighted by Crippen LogP contribution is -2.56. The molecular weight excluding hydrogens is 911 g/mol. The molecule has 20 nitrogen and oxygen atoms in total. The molecular formula is C51H67N11O9. The summed E-state index contributed by atoms with van der Waals surface area (Å²) in [6.45, 7) is 10.9. The number of nitrogens with two attached hydrogens (primary N) is 3. The molecule has 0 saturated carbocycles. The van der Waals surface area contributed by atoms with Gasteiger partial charge in [0.25, 0.3) is 5.91 Å². The van der Waals surface area contributed by atoms with E-state index in [9.17, 15) is 34.3 Å². The molecule has 4 aromatic rings. The van der Waals surface area contributed by atoms with Gasteiger partial charge in [-0.15, -0.1) is 0 Å². The van der Waals surface area contributed by atoms with Crippen molar-refractivity contribution in [1.29, 1.82) is 5.26 Å². The van der Waals surface area contributed by atoms with Crippen LogP contribution < -0.4 is 52.7 Å². The second kappa shape index (κ2) is 24.6. The SMILES string of the molecule is COc1c(OCCCN)cc2cc1-c1cc(ccc1OC[C@H](O)CN)C[C@@H](C(=O)NCC#N)NC(=O)[C@H](C)NC(=O)[C@H]2N(C)C(=O)[C@H](CCN)NC(=O)c1c(C)nc(-c2ccc(C(C)(C)C)cc2)nc1C. The highest BCUT2D eigenvalue weighted by molar-refractivity contribution is 6.00. The topological polar surface area (TPSA) is 312 Å². The number of hydrogen-bond acceptors (Lipinski definition) is 15. The predicted molar refractivity (Wildman–Crippen MR) is 266 cm³/mol. The Morgan fingerprint density at radius 1 is 0.944 bits per heavy atom. The molecule has 5 amide bonds. The molecule has 11 N–H and O–H groups in total. The number of carbonyl (C=O) groups is 5. The van der Waals surface area contributed by atoms with Crippen molar-refractivity contribution < 1.29 is 43.3 Å². The standard InChI is InChI=1S/C51H67N11O9/c1-28-42(29(2)58-45(57-28)32-11-13-34(14-12-32)51(4,5)6)48(66)60-38(16-18-53)50(68)62(7)43-33-24-37(44(69-8)41(25-33)70-21-9-17-52)36-22-31(10-15-40(36)71-27-35(63)26-55)23-39(47(65)56-20-19-54)61-46(64)30(3)59-49(43)67/h10-15,22,24-25,30,35,38-39,43,63H,9,16-18,20-21,23,26-27,52-53,55H2,1-8H3,(H,56,65)(H,59,67)(H,60,66)(H,61,64)/t30-,35+,38-,39-,43-/m0/s1. The zero-order valence-electron chi connectivity index (χ0n) is 41.7. The minimum atomic E-state index is -1.53. The Morgan fingerprint density at radius 2 is 1.63 bits per heavy atom. The summed E-state index contributed by atoms with van der Waals surface area (Å²) in [6, 6.07) is 12.6. The molecule has 4 bridgehead atoms. The van der Waals surface area contributed by atoms with Crippen LogP contribution >= 0.6 is 0 Å². The molecule has 380 valence electrons. The number of amides is 5. The molecule has 0 unspecified atom stereocenters. The monoisotopic (exact) mass is 978 g/mol. The Kier molecular flexibility index (Phi) is 19.0. The predicted octanol–water partition coefficient (Wildman–Crippen LogP) is 1.99. The van der Waals surface area contributed by atoms with Crippen molar-refractivity contribution >= 4 is 29.5 Å². The van der Waals surface area contributed by atoms with Crippen LogP contribution in [0, 0.1) is 25.2 Å². The minimum Gasteiger partial charge on any atom is -0.492 e. The normalized spacial score (nSPS) is 16.7. The molecule has 0 spiro atoms. The van der Waals surface area contributed by atoms with Gasteiger partial charge in [-0.05, 0) is 93.1 Å². The summed E-state index contributed by atoms with van der Waals surface area (Å²) >= 11 is 0. The van der Waals surface area contributed by atoms with Gasteiger partial charge in [-0.3, -0.25) is 24.0 Å². The number of rotatable bonds is 18. The Bertz CT molecular complexity index is 2590. The summed E-state index contributed by atoms with van der Waals surface area (Å²) in [5, 5.41) is 30.4. The van der Waals surface area contributed by atoms with Crippen LogP contribution in [-0.4, -0.2) is 127 Å². The number of nitrogens with zero attached hydrogens (tertiary/aromatic N) is 4. The van der Waals surface area contributed by atoms with Gasteiger partial charge in [0.2, 0.25) is 23.6 Å². The number of aliphatic hydroxyl groups is 1. The second-order valence-corrected chi connectivity index (χ2v) is 18.4. The third kappa shape index (κ3) is 13.6. The van der Waals surface area contributed by atoms with Gasteiger partial charge in [0.15, 0.2) is 17.3 Å². The van der Waals surface area contributed by atoms with E-state index in [0.29, 0.717) is 46.9 Å². The first kappa shape index (κ1) is 54.8. The Balaban J connectivity index is 1.65. The number of aryl methyl sites for hydroxylation is 2. The zero-order valence-corrected chi connectivity index (χ0v) is 41.7. The molecule has 0 saturated heterocycles. The lowest BCUT2D eigenvalue weighted by atomic mass is 9.86. The molecule has 0 aliphatic carbocycles. The van der Waals surface area contributed by atoms with Crippen molar-refractivity contribution in [3.05, 3.63) is 88.2 Å². The molecule has 3 aromatic carbocycles. The fourth-order valence-corrected chi connectivity index (χ4v) is 8.08. The maximum absolute atomic E-state index is 14.9. The molecule has 1 aliphatic heterocycles. The van der Waals surface area contributed by atoms with E-state index in [2.05, 4.69) is 52.0 Å². The lowest BCUT2D eigenvalue weighted by molar-refractivity contribution is -0.141. The van der Waals surface area contributed by atoms with Crippen LogP contribution in [0.25, 0.3) is 22.5 Å². The highest BCUT2D eigenvalue weighted by Gasteiger charge is 2.37. The number of carbonyl (C=O) groups excluding carboxylic acids is 5. The van der Waals surface area contributed by atoms with E-state index in [-0.39, 0.29) is 79.5 Å². The van der Waals surface area contributed by atoms with Crippen molar-refractivity contribution in [2.45, 2.75) is 96.5 Å². The number of likely N-dealkylation sites (N-methyl/N-ethyl adjacent to an activating group) is 1. The number of aromatic nitrogens is 2. The molecule has 71 heavy (non-hydrogen) atoms. The number of methoxy groups -OCH3 is 1. The first-order valence-corrected chi connectivity index (χ1v) is 23.4. The first-order chi connectivity index (χ1) is 33.8. The molecule has 1 aliphatic rings. The van der Waals surface area contributed by atoms with E-state index in [4.69, 9.17) is 31.4 Å². The number of ether oxygens (including phenoxy) is 3. The third-order valence-corrected chi connectivity index (χ3v) is 12.0. The number of nitrogens with one attached hydrogen (secondary N) is 4. The Hall–Kier alpha value is -7.18. The quantitative estimate of drug-likeness (QED) is 0.0522. The molecule has 1 aromatic heterocycles. The van der Waals surface area contributed by atoms with Gasteiger partial charge < -0.3 is 62.7 Å². The van der Waals surface area contributed by atoms with Crippen molar-refractivity contribution in [2.24, 2.45) is 17.2 Å². The summed E-state index contributed by atoms with van der Waals surface area (Å²) in [4.78, 5) is 81.9. The number of nitriles is 1. The number of fused-ring (bicyclic) bond motifs is 5. The van der Waals surface area contributed by atoms with Crippen molar-refractivity contribution in [1.82, 2.24) is 36.1 Å². The van der Waals surface area contributed by atoms with Crippen molar-refractivity contribution in [2.75, 3.05) is 53.6 Å². The van der Waals surface area contributed by atoms with E-state index in [0.717, 1.165) is 16.0 Å². The maximum Gasteiger partial charge on any atom is 0.255 e. The van der Waals surface area contributed by atoms with Gasteiger partial charge in [0.05, 0.1) is 36.7 Å². The summed E-state index contributed by atoms with van der Waals surface area (Å²) in [7, 11) is 2.81. The first-order valence-electron chi connectivity index (χ1n) is 23.4. The summed E-state index contributed by atoms with van der Waals surface area (Å²) in [5.41, 5.74) is 21.8. The van der Waals surface area contributed by atoms with E-state index in [1.807, 2.05) is 30.3 Å². The summed E-state index contributed by atoms with van der Waals surface area (Å²) in [6.07, 6.45) is -0.720. The zero-order chi connectivity index (χ0) is 52.2. The molecule has 5 rings (SSSR count). The number of aliphatic hydroxyl groups excluding tert-OH is 1. The highest BCUT2D eigenvalue weighted by atomic mass is 16.5. The minimum absolute atomic E-state index is 0.0382. The molecule has 20 heteroatoms. The van der Waals surface area contributed by atoms with E-state index >= 15 is 0 Å². The Labute approximate surface area is 414 Å². The molecule has 0 fully saturated rings. The van der Waals surface area contributed by atoms with Gasteiger partial charge in [0, 0.05) is 36.7 Å². The van der Waals surface area contributed by atoms with Crippen LogP contribution in [0.15, 0.2) is 54.6 Å². The van der Waals surface area contributed by atoms with Crippen LogP contribution in [0.5, 0.6) is 17.2 Å². The Morgan fingerprint density at radius 3 is 2.24 bits per heavy atom. The summed E-state index contributed by atoms with van der Waals surface area (Å²) < 4.78 is 18.4. The average molecular weight is 978 g/mol. The average Bonchev–Trinajstić information content (AvgIpc) is 3.33. The lowest BCUT2D eigenvalue weighted by Gasteiger charge is -2.33. The van der Waals surface area contributed by atoms with Gasteiger partial charge in [-0.1, -0.05) is 51.1 Å². The fourth-order valence-electron chi connectivity index (χ4n) is 8.08. The van der Waals surface area contributed by atoms with E-state index in [1.54, 1.807) is 44.2 Å². The van der Waals surface area contributed by atoms with Crippen LogP contribution in [0.4, 0.5) is 0 Å². The van der Waals surface area contributed by atoms with Gasteiger partial charge >= 0.3 is 0 Å². The van der Waals surface area contributed by atoms with Crippen LogP contribution in [0.1, 0.15) is 85.0 Å². The van der Waals surface area contributed by atoms with Crippen molar-refractivity contribution in [3.63, 3.8) is 0 Å².